The van der Waals surface area contributed by atoms with Crippen molar-refractivity contribution in [2.24, 2.45) is 0 Å². The molecule has 3 aromatic carbocycles. The SMILES string of the molecule is COc1ccc([C@@H]2c3cc(OC)c(OC)cc3CC(=O)N2c2cccc(C(=O)O)c2)cc1. The van der Waals surface area contributed by atoms with Crippen molar-refractivity contribution in [1.82, 2.24) is 0 Å². The number of carboxylic acids is 1. The van der Waals surface area contributed by atoms with Gasteiger partial charge in [0.25, 0.3) is 0 Å². The first-order chi connectivity index (χ1) is 15.5. The molecule has 164 valence electrons. The number of amides is 1. The monoisotopic (exact) mass is 433 g/mol. The number of aromatic carboxylic acids is 1. The van der Waals surface area contributed by atoms with Crippen LogP contribution in [-0.4, -0.2) is 38.3 Å². The highest BCUT2D eigenvalue weighted by molar-refractivity contribution is 5.99. The quantitative estimate of drug-likeness (QED) is 0.630. The summed E-state index contributed by atoms with van der Waals surface area (Å²) in [6.07, 6.45) is 0.152. The van der Waals surface area contributed by atoms with Crippen LogP contribution in [0.4, 0.5) is 5.69 Å². The van der Waals surface area contributed by atoms with Crippen LogP contribution in [0, 0.1) is 0 Å². The summed E-state index contributed by atoms with van der Waals surface area (Å²) in [5.74, 6) is 0.604. The minimum absolute atomic E-state index is 0.113. The Kier molecular flexibility index (Phi) is 5.73. The summed E-state index contributed by atoms with van der Waals surface area (Å²) >= 11 is 0. The summed E-state index contributed by atoms with van der Waals surface area (Å²) in [4.78, 5) is 26.6. The van der Waals surface area contributed by atoms with Crippen LogP contribution in [0.25, 0.3) is 0 Å². The van der Waals surface area contributed by atoms with Gasteiger partial charge in [0.15, 0.2) is 11.5 Å². The molecule has 1 atom stereocenters. The summed E-state index contributed by atoms with van der Waals surface area (Å²) in [6.45, 7) is 0. The van der Waals surface area contributed by atoms with Crippen molar-refractivity contribution in [3.05, 3.63) is 82.9 Å². The molecule has 0 saturated carbocycles. The summed E-state index contributed by atoms with van der Waals surface area (Å²) in [5, 5.41) is 9.45. The van der Waals surface area contributed by atoms with Crippen molar-refractivity contribution in [2.75, 3.05) is 26.2 Å². The molecule has 0 saturated heterocycles. The minimum atomic E-state index is -1.05. The lowest BCUT2D eigenvalue weighted by molar-refractivity contribution is -0.118. The summed E-state index contributed by atoms with van der Waals surface area (Å²) in [7, 11) is 4.71. The molecule has 3 aromatic rings. The Morgan fingerprint density at radius 2 is 1.62 bits per heavy atom. The van der Waals surface area contributed by atoms with E-state index in [-0.39, 0.29) is 17.9 Å². The van der Waals surface area contributed by atoms with Crippen LogP contribution in [-0.2, 0) is 11.2 Å². The van der Waals surface area contributed by atoms with Gasteiger partial charge in [-0.1, -0.05) is 18.2 Å². The molecule has 1 aliphatic rings. The fraction of sp³-hybridized carbons (Fsp3) is 0.200. The molecule has 7 heteroatoms. The van der Waals surface area contributed by atoms with E-state index in [9.17, 15) is 14.7 Å². The molecule has 1 heterocycles. The van der Waals surface area contributed by atoms with E-state index in [1.807, 2.05) is 36.4 Å². The highest BCUT2D eigenvalue weighted by Crippen LogP contribution is 2.43. The Bertz CT molecular complexity index is 1170. The van der Waals surface area contributed by atoms with Crippen molar-refractivity contribution < 1.29 is 28.9 Å². The maximum atomic E-state index is 13.4. The van der Waals surface area contributed by atoms with Gasteiger partial charge in [0.05, 0.1) is 39.4 Å². The molecule has 7 nitrogen and oxygen atoms in total. The fourth-order valence-electron chi connectivity index (χ4n) is 4.07. The third-order valence-corrected chi connectivity index (χ3v) is 5.61. The molecule has 0 bridgehead atoms. The third kappa shape index (κ3) is 3.73. The van der Waals surface area contributed by atoms with Crippen LogP contribution in [0.3, 0.4) is 0 Å². The molecular formula is C25H23NO6. The number of benzene rings is 3. The average Bonchev–Trinajstić information content (AvgIpc) is 2.82. The van der Waals surface area contributed by atoms with E-state index in [0.717, 1.165) is 16.7 Å². The number of fused-ring (bicyclic) bond motifs is 1. The van der Waals surface area contributed by atoms with Gasteiger partial charge in [-0.25, -0.2) is 4.79 Å². The summed E-state index contributed by atoms with van der Waals surface area (Å²) < 4.78 is 16.2. The predicted octanol–water partition coefficient (Wildman–Crippen LogP) is 4.09. The number of hydrogen-bond donors (Lipinski definition) is 1. The van der Waals surface area contributed by atoms with Crippen molar-refractivity contribution in [3.8, 4) is 17.2 Å². The molecule has 4 rings (SSSR count). The van der Waals surface area contributed by atoms with Crippen molar-refractivity contribution in [2.45, 2.75) is 12.5 Å². The average molecular weight is 433 g/mol. The fourth-order valence-corrected chi connectivity index (χ4v) is 4.07. The van der Waals surface area contributed by atoms with Crippen LogP contribution in [0.2, 0.25) is 0 Å². The van der Waals surface area contributed by atoms with Gasteiger partial charge in [-0.2, -0.15) is 0 Å². The van der Waals surface area contributed by atoms with Gasteiger partial charge < -0.3 is 24.2 Å². The van der Waals surface area contributed by atoms with Crippen molar-refractivity contribution >= 4 is 17.6 Å². The number of rotatable bonds is 6. The zero-order valence-electron chi connectivity index (χ0n) is 18.0. The molecule has 0 spiro atoms. The molecule has 1 amide bonds. The molecule has 0 aliphatic carbocycles. The second kappa shape index (κ2) is 8.63. The van der Waals surface area contributed by atoms with Gasteiger partial charge in [-0.15, -0.1) is 0 Å². The smallest absolute Gasteiger partial charge is 0.335 e. The number of ether oxygens (including phenoxy) is 3. The van der Waals surface area contributed by atoms with E-state index in [1.54, 1.807) is 38.4 Å². The molecule has 32 heavy (non-hydrogen) atoms. The minimum Gasteiger partial charge on any atom is -0.497 e. The lowest BCUT2D eigenvalue weighted by Crippen LogP contribution is -2.41. The molecule has 0 unspecified atom stereocenters. The number of nitrogens with zero attached hydrogens (tertiary/aromatic N) is 1. The van der Waals surface area contributed by atoms with E-state index in [0.29, 0.717) is 22.9 Å². The molecule has 0 aromatic heterocycles. The largest absolute Gasteiger partial charge is 0.497 e. The lowest BCUT2D eigenvalue weighted by atomic mass is 9.86. The van der Waals surface area contributed by atoms with E-state index >= 15 is 0 Å². The standard InChI is InChI=1S/C25H23NO6/c1-30-19-9-7-15(8-10-19)24-20-14-22(32-3)21(31-2)12-17(20)13-23(27)26(24)18-6-4-5-16(11-18)25(28)29/h4-12,14,24H,13H2,1-3H3,(H,28,29)/t24-/m1/s1. The Balaban J connectivity index is 1.93. The van der Waals surface area contributed by atoms with Crippen molar-refractivity contribution in [3.63, 3.8) is 0 Å². The van der Waals surface area contributed by atoms with Gasteiger partial charge in [-0.05, 0) is 59.2 Å². The van der Waals surface area contributed by atoms with Gasteiger partial charge in [0.2, 0.25) is 5.91 Å². The van der Waals surface area contributed by atoms with E-state index in [2.05, 4.69) is 0 Å². The van der Waals surface area contributed by atoms with Gasteiger partial charge in [0.1, 0.15) is 5.75 Å². The van der Waals surface area contributed by atoms with Crippen LogP contribution in [0.5, 0.6) is 17.2 Å². The van der Waals surface area contributed by atoms with E-state index in [4.69, 9.17) is 14.2 Å². The second-order valence-corrected chi connectivity index (χ2v) is 7.38. The first kappa shape index (κ1) is 21.2. The number of carboxylic acid groups (broad SMARTS) is 1. The summed E-state index contributed by atoms with van der Waals surface area (Å²) in [6, 6.07) is 17.1. The first-order valence-electron chi connectivity index (χ1n) is 10.0. The third-order valence-electron chi connectivity index (χ3n) is 5.61. The van der Waals surface area contributed by atoms with Crippen LogP contribution < -0.4 is 19.1 Å². The summed E-state index contributed by atoms with van der Waals surface area (Å²) in [5.41, 5.74) is 3.19. The normalized spacial score (nSPS) is 15.2. The van der Waals surface area contributed by atoms with E-state index < -0.39 is 12.0 Å². The van der Waals surface area contributed by atoms with Gasteiger partial charge >= 0.3 is 5.97 Å². The van der Waals surface area contributed by atoms with Crippen molar-refractivity contribution in [1.29, 1.82) is 0 Å². The number of hydrogen-bond acceptors (Lipinski definition) is 5. The Labute approximate surface area is 185 Å². The molecule has 0 fully saturated rings. The maximum Gasteiger partial charge on any atom is 0.335 e. The lowest BCUT2D eigenvalue weighted by Gasteiger charge is -2.38. The first-order valence-corrected chi connectivity index (χ1v) is 10.0. The zero-order valence-corrected chi connectivity index (χ0v) is 18.0. The Morgan fingerprint density at radius 1 is 0.938 bits per heavy atom. The number of carbonyl (C=O) groups excluding carboxylic acids is 1. The number of carbonyl (C=O) groups is 2. The second-order valence-electron chi connectivity index (χ2n) is 7.38. The zero-order chi connectivity index (χ0) is 22.8. The molecule has 0 radical (unpaired) electrons. The topological polar surface area (TPSA) is 85.3 Å². The van der Waals surface area contributed by atoms with E-state index in [1.165, 1.54) is 12.1 Å². The molecule has 1 N–H and O–H groups in total. The molecular weight excluding hydrogens is 410 g/mol. The Hall–Kier alpha value is -4.00. The van der Waals surface area contributed by atoms with Gasteiger partial charge in [0, 0.05) is 5.69 Å². The Morgan fingerprint density at radius 3 is 2.25 bits per heavy atom. The molecule has 1 aliphatic heterocycles. The highest BCUT2D eigenvalue weighted by atomic mass is 16.5. The highest BCUT2D eigenvalue weighted by Gasteiger charge is 2.36. The van der Waals surface area contributed by atoms with Gasteiger partial charge in [-0.3, -0.25) is 4.79 Å². The maximum absolute atomic E-state index is 13.4. The number of anilines is 1. The number of methoxy groups -OCH3 is 3. The van der Waals surface area contributed by atoms with Crippen LogP contribution in [0.1, 0.15) is 33.1 Å². The predicted molar refractivity (Wildman–Crippen MR) is 119 cm³/mol. The van der Waals surface area contributed by atoms with Crippen LogP contribution >= 0.6 is 0 Å². The van der Waals surface area contributed by atoms with Crippen LogP contribution in [0.15, 0.2) is 60.7 Å².